The number of thioether (sulfide) groups is 1. The number of rotatable bonds is 9. The van der Waals surface area contributed by atoms with Gasteiger partial charge >= 0.3 is 5.97 Å². The van der Waals surface area contributed by atoms with Crippen LogP contribution in [0.1, 0.15) is 41.7 Å². The number of anilines is 1. The molecule has 0 aliphatic carbocycles. The van der Waals surface area contributed by atoms with Gasteiger partial charge in [0.2, 0.25) is 5.91 Å². The van der Waals surface area contributed by atoms with E-state index in [1.165, 1.54) is 29.5 Å². The second-order valence-electron chi connectivity index (χ2n) is 6.88. The fourth-order valence-electron chi connectivity index (χ4n) is 2.92. The molecule has 3 rings (SSSR count). The molecule has 162 valence electrons. The Morgan fingerprint density at radius 1 is 1.19 bits per heavy atom. The maximum absolute atomic E-state index is 12.3. The zero-order valence-electron chi connectivity index (χ0n) is 17.5. The lowest BCUT2D eigenvalue weighted by Crippen LogP contribution is -2.15. The number of carboxylic acid groups (broad SMARTS) is 1. The lowest BCUT2D eigenvalue weighted by Gasteiger charge is -2.14. The number of hydrogen-bond donors (Lipinski definition) is 2. The van der Waals surface area contributed by atoms with E-state index in [4.69, 9.17) is 9.84 Å². The molecule has 0 bridgehead atoms. The topological polar surface area (TPSA) is 106 Å². The second kappa shape index (κ2) is 10.1. The molecule has 1 heterocycles. The zero-order valence-corrected chi connectivity index (χ0v) is 18.3. The molecular weight excluding hydrogens is 416 g/mol. The van der Waals surface area contributed by atoms with E-state index in [0.29, 0.717) is 16.7 Å². The van der Waals surface area contributed by atoms with E-state index in [1.54, 1.807) is 16.7 Å². The summed E-state index contributed by atoms with van der Waals surface area (Å²) < 4.78 is 7.77. The summed E-state index contributed by atoms with van der Waals surface area (Å²) in [6.45, 7) is 4.00. The molecule has 0 spiro atoms. The third kappa shape index (κ3) is 5.85. The van der Waals surface area contributed by atoms with Gasteiger partial charge in [-0.1, -0.05) is 36.9 Å². The molecule has 9 heteroatoms. The van der Waals surface area contributed by atoms with Crippen molar-refractivity contribution in [2.24, 2.45) is 7.05 Å². The maximum atomic E-state index is 12.3. The van der Waals surface area contributed by atoms with E-state index in [1.807, 2.05) is 38.2 Å². The molecule has 1 amide bonds. The number of nitrogens with zero attached hydrogens (tertiary/aromatic N) is 3. The van der Waals surface area contributed by atoms with Crippen molar-refractivity contribution in [1.29, 1.82) is 0 Å². The van der Waals surface area contributed by atoms with E-state index >= 15 is 0 Å². The van der Waals surface area contributed by atoms with Gasteiger partial charge in [0.05, 0.1) is 11.3 Å². The lowest BCUT2D eigenvalue weighted by atomic mass is 10.2. The molecule has 2 N–H and O–H groups in total. The minimum atomic E-state index is -1.05. The third-order valence-corrected chi connectivity index (χ3v) is 5.62. The summed E-state index contributed by atoms with van der Waals surface area (Å²) in [6, 6.07) is 14.0. The molecule has 0 radical (unpaired) electrons. The molecule has 8 nitrogen and oxygen atoms in total. The first-order chi connectivity index (χ1) is 14.9. The number of carboxylic acids is 1. The summed E-state index contributed by atoms with van der Waals surface area (Å²) in [4.78, 5) is 23.3. The van der Waals surface area contributed by atoms with Gasteiger partial charge in [-0.3, -0.25) is 4.79 Å². The van der Waals surface area contributed by atoms with Gasteiger partial charge in [0.15, 0.2) is 17.1 Å². The molecule has 0 aliphatic heterocycles. The average Bonchev–Trinajstić information content (AvgIpc) is 3.13. The van der Waals surface area contributed by atoms with E-state index in [2.05, 4.69) is 22.4 Å². The van der Waals surface area contributed by atoms with Gasteiger partial charge in [-0.2, -0.15) is 0 Å². The van der Waals surface area contributed by atoms with Crippen LogP contribution in [-0.2, 0) is 18.3 Å². The molecule has 31 heavy (non-hydrogen) atoms. The molecule has 2 aromatic carbocycles. The number of aromatic nitrogens is 3. The van der Waals surface area contributed by atoms with E-state index in [-0.39, 0.29) is 23.3 Å². The van der Waals surface area contributed by atoms with E-state index in [9.17, 15) is 9.59 Å². The van der Waals surface area contributed by atoms with Crippen LogP contribution in [0.15, 0.2) is 53.7 Å². The van der Waals surface area contributed by atoms with Crippen LogP contribution in [0, 0.1) is 0 Å². The van der Waals surface area contributed by atoms with Crippen LogP contribution < -0.4 is 10.1 Å². The molecular formula is C22H24N4O4S. The number of nitrogens with one attached hydrogen (secondary N) is 1. The van der Waals surface area contributed by atoms with Crippen molar-refractivity contribution in [1.82, 2.24) is 14.8 Å². The van der Waals surface area contributed by atoms with Crippen molar-refractivity contribution in [2.45, 2.75) is 31.5 Å². The van der Waals surface area contributed by atoms with Gasteiger partial charge in [-0.25, -0.2) is 4.79 Å². The highest BCUT2D eigenvalue weighted by atomic mass is 32.2. The number of carbonyl (C=O) groups excluding carboxylic acids is 1. The Morgan fingerprint density at radius 3 is 2.61 bits per heavy atom. The van der Waals surface area contributed by atoms with Crippen molar-refractivity contribution in [3.05, 3.63) is 65.5 Å². The van der Waals surface area contributed by atoms with Crippen molar-refractivity contribution in [3.8, 4) is 5.75 Å². The monoisotopic (exact) mass is 440 g/mol. The van der Waals surface area contributed by atoms with Crippen LogP contribution in [0.3, 0.4) is 0 Å². The van der Waals surface area contributed by atoms with Crippen molar-refractivity contribution < 1.29 is 19.4 Å². The summed E-state index contributed by atoms with van der Waals surface area (Å²) in [7, 11) is 1.83. The van der Waals surface area contributed by atoms with Gasteiger partial charge in [-0.05, 0) is 49.2 Å². The maximum Gasteiger partial charge on any atom is 0.335 e. The molecule has 1 atom stereocenters. The summed E-state index contributed by atoms with van der Waals surface area (Å²) in [6.07, 6.45) is 0.657. The number of carbonyl (C=O) groups is 2. The molecule has 0 saturated carbocycles. The zero-order chi connectivity index (χ0) is 22.4. The highest BCUT2D eigenvalue weighted by Crippen LogP contribution is 2.24. The highest BCUT2D eigenvalue weighted by Gasteiger charge is 2.18. The minimum Gasteiger partial charge on any atom is -0.483 e. The predicted octanol–water partition coefficient (Wildman–Crippen LogP) is 3.95. The second-order valence-corrected chi connectivity index (χ2v) is 7.82. The number of aromatic carboxylic acids is 1. The van der Waals surface area contributed by atoms with Crippen LogP contribution >= 0.6 is 11.8 Å². The van der Waals surface area contributed by atoms with Gasteiger partial charge in [0.1, 0.15) is 5.75 Å². The van der Waals surface area contributed by atoms with E-state index in [0.717, 1.165) is 12.2 Å². The largest absolute Gasteiger partial charge is 0.483 e. The number of amides is 1. The fourth-order valence-corrected chi connectivity index (χ4v) is 3.64. The molecule has 0 unspecified atom stereocenters. The summed E-state index contributed by atoms with van der Waals surface area (Å²) >= 11 is 1.24. The summed E-state index contributed by atoms with van der Waals surface area (Å²) in [5.74, 6) is 0.199. The van der Waals surface area contributed by atoms with Gasteiger partial charge < -0.3 is 19.7 Å². The van der Waals surface area contributed by atoms with Crippen LogP contribution in [0.25, 0.3) is 0 Å². The first-order valence-corrected chi connectivity index (χ1v) is 10.8. The number of aryl methyl sites for hydroxylation is 1. The van der Waals surface area contributed by atoms with Crippen LogP contribution in [0.4, 0.5) is 5.69 Å². The Hall–Kier alpha value is -3.33. The first kappa shape index (κ1) is 22.4. The molecule has 0 saturated heterocycles. The van der Waals surface area contributed by atoms with Crippen molar-refractivity contribution in [2.75, 3.05) is 11.1 Å². The first-order valence-electron chi connectivity index (χ1n) is 9.78. The van der Waals surface area contributed by atoms with Crippen molar-refractivity contribution in [3.63, 3.8) is 0 Å². The molecule has 1 aromatic heterocycles. The Bertz CT molecular complexity index is 1070. The molecule has 0 aliphatic rings. The van der Waals surface area contributed by atoms with Crippen molar-refractivity contribution >= 4 is 29.3 Å². The highest BCUT2D eigenvalue weighted by molar-refractivity contribution is 7.99. The Balaban J connectivity index is 1.57. The number of ether oxygens (including phenoxy) is 1. The normalized spacial score (nSPS) is 11.7. The van der Waals surface area contributed by atoms with Gasteiger partial charge in [-0.15, -0.1) is 10.2 Å². The van der Waals surface area contributed by atoms with E-state index < -0.39 is 5.97 Å². The molecule has 3 aromatic rings. The fraction of sp³-hybridized carbons (Fsp3) is 0.273. The molecule has 0 fully saturated rings. The number of hydrogen-bond acceptors (Lipinski definition) is 6. The SMILES string of the molecule is CCc1ccc(O[C@@H](C)c2nnc(SCC(=O)Nc3cccc(C(=O)O)c3)n2C)cc1. The quantitative estimate of drug-likeness (QED) is 0.485. The number of benzene rings is 2. The lowest BCUT2D eigenvalue weighted by molar-refractivity contribution is -0.113. The average molecular weight is 441 g/mol. The van der Waals surface area contributed by atoms with Crippen LogP contribution in [-0.4, -0.2) is 37.5 Å². The summed E-state index contributed by atoms with van der Waals surface area (Å²) in [5, 5.41) is 20.7. The summed E-state index contributed by atoms with van der Waals surface area (Å²) in [5.41, 5.74) is 1.78. The Labute approximate surface area is 184 Å². The third-order valence-electron chi connectivity index (χ3n) is 4.60. The van der Waals surface area contributed by atoms with Gasteiger partial charge in [0.25, 0.3) is 0 Å². The predicted molar refractivity (Wildman–Crippen MR) is 119 cm³/mol. The van der Waals surface area contributed by atoms with Crippen LogP contribution in [0.2, 0.25) is 0 Å². The Morgan fingerprint density at radius 2 is 1.94 bits per heavy atom. The smallest absolute Gasteiger partial charge is 0.335 e. The van der Waals surface area contributed by atoms with Gasteiger partial charge in [0, 0.05) is 12.7 Å². The Kier molecular flexibility index (Phi) is 7.30. The minimum absolute atomic E-state index is 0.108. The standard InChI is InChI=1S/C22H24N4O4S/c1-4-15-8-10-18(11-9-15)30-14(2)20-24-25-22(26(20)3)31-13-19(27)23-17-7-5-6-16(12-17)21(28)29/h5-12,14H,4,13H2,1-3H3,(H,23,27)(H,28,29)/t14-/m0/s1. The van der Waals surface area contributed by atoms with Crippen LogP contribution in [0.5, 0.6) is 5.75 Å².